The molecule has 0 spiro atoms. The van der Waals surface area contributed by atoms with Gasteiger partial charge in [0.2, 0.25) is 0 Å². The van der Waals surface area contributed by atoms with Gasteiger partial charge in [-0.25, -0.2) is 0 Å². The monoisotopic (exact) mass is 185 g/mol. The molecule has 0 aromatic heterocycles. The van der Waals surface area contributed by atoms with Gasteiger partial charge in [0.25, 0.3) is 0 Å². The van der Waals surface area contributed by atoms with E-state index in [-0.39, 0.29) is 0 Å². The molecule has 0 heterocycles. The number of nitrogens with one attached hydrogen (secondary N) is 1. The Kier molecular flexibility index (Phi) is 8.05. The first kappa shape index (κ1) is 12.7. The molecule has 0 rings (SSSR count). The Morgan fingerprint density at radius 1 is 1.46 bits per heavy atom. The maximum Gasteiger partial charge on any atom is 0.0703 e. The Morgan fingerprint density at radius 2 is 2.15 bits per heavy atom. The van der Waals surface area contributed by atoms with Crippen LogP contribution in [0.25, 0.3) is 0 Å². The maximum atomic E-state index is 5.60. The summed E-state index contributed by atoms with van der Waals surface area (Å²) in [7, 11) is 0. The summed E-state index contributed by atoms with van der Waals surface area (Å²) in [5.74, 6) is 0. The summed E-state index contributed by atoms with van der Waals surface area (Å²) in [4.78, 5) is 0. The molecule has 0 saturated heterocycles. The lowest BCUT2D eigenvalue weighted by Gasteiger charge is -2.18. The molecule has 1 N–H and O–H groups in total. The average Bonchev–Trinajstić information content (AvgIpc) is 2.09. The Balaban J connectivity index is 3.59. The van der Waals surface area contributed by atoms with Gasteiger partial charge in [0.05, 0.1) is 12.7 Å². The highest BCUT2D eigenvalue weighted by Crippen LogP contribution is 2.01. The van der Waals surface area contributed by atoms with E-state index in [1.165, 1.54) is 6.42 Å². The second-order valence-electron chi connectivity index (χ2n) is 3.60. The highest BCUT2D eigenvalue weighted by molar-refractivity contribution is 4.69. The van der Waals surface area contributed by atoms with Crippen molar-refractivity contribution in [3.8, 4) is 0 Å². The van der Waals surface area contributed by atoms with Crippen molar-refractivity contribution >= 4 is 0 Å². The highest BCUT2D eigenvalue weighted by atomic mass is 16.5. The van der Waals surface area contributed by atoms with Crippen LogP contribution in [0.4, 0.5) is 0 Å². The van der Waals surface area contributed by atoms with Crippen molar-refractivity contribution in [3.63, 3.8) is 0 Å². The summed E-state index contributed by atoms with van der Waals surface area (Å²) in [5, 5.41) is 3.38. The number of hydrogen-bond donors (Lipinski definition) is 1. The van der Waals surface area contributed by atoms with Gasteiger partial charge >= 0.3 is 0 Å². The lowest BCUT2D eigenvalue weighted by atomic mass is 10.2. The topological polar surface area (TPSA) is 21.3 Å². The van der Waals surface area contributed by atoms with E-state index in [4.69, 9.17) is 4.74 Å². The molecule has 1 atom stereocenters. The fourth-order valence-electron chi connectivity index (χ4n) is 1.14. The predicted octanol–water partition coefficient (Wildman–Crippen LogP) is 2.36. The molecule has 2 nitrogen and oxygen atoms in total. The van der Waals surface area contributed by atoms with Crippen LogP contribution in [-0.4, -0.2) is 25.3 Å². The van der Waals surface area contributed by atoms with E-state index in [1.807, 2.05) is 0 Å². The molecule has 0 aliphatic heterocycles. The van der Waals surface area contributed by atoms with Crippen LogP contribution >= 0.6 is 0 Å². The fourth-order valence-corrected chi connectivity index (χ4v) is 1.14. The average molecular weight is 185 g/mol. The number of hydrogen-bond acceptors (Lipinski definition) is 2. The van der Waals surface area contributed by atoms with Gasteiger partial charge in [-0.3, -0.25) is 0 Å². The van der Waals surface area contributed by atoms with Gasteiger partial charge in [-0.15, -0.1) is 6.58 Å². The van der Waals surface area contributed by atoms with Crippen molar-refractivity contribution in [1.82, 2.24) is 5.32 Å². The van der Waals surface area contributed by atoms with Crippen LogP contribution in [0.15, 0.2) is 12.7 Å². The van der Waals surface area contributed by atoms with Crippen LogP contribution in [0, 0.1) is 0 Å². The zero-order valence-electron chi connectivity index (χ0n) is 9.18. The third-order valence-electron chi connectivity index (χ3n) is 1.81. The molecule has 78 valence electrons. The summed E-state index contributed by atoms with van der Waals surface area (Å²) in [6.45, 7) is 11.7. The smallest absolute Gasteiger partial charge is 0.0703 e. The number of rotatable bonds is 8. The minimum absolute atomic E-state index is 0.338. The Labute approximate surface area is 82.4 Å². The third-order valence-corrected chi connectivity index (χ3v) is 1.81. The van der Waals surface area contributed by atoms with E-state index >= 15 is 0 Å². The van der Waals surface area contributed by atoms with Crippen molar-refractivity contribution in [2.24, 2.45) is 0 Å². The molecular weight excluding hydrogens is 162 g/mol. The molecule has 1 unspecified atom stereocenters. The lowest BCUT2D eigenvalue weighted by molar-refractivity contribution is 0.0657. The fraction of sp³-hybridized carbons (Fsp3) is 0.818. The summed E-state index contributed by atoms with van der Waals surface area (Å²) >= 11 is 0. The molecular formula is C11H23NO. The largest absolute Gasteiger partial charge is 0.373 e. The summed E-state index contributed by atoms with van der Waals surface area (Å²) in [5.41, 5.74) is 0. The van der Waals surface area contributed by atoms with Crippen molar-refractivity contribution in [3.05, 3.63) is 12.7 Å². The van der Waals surface area contributed by atoms with Crippen molar-refractivity contribution in [2.45, 2.75) is 45.8 Å². The normalized spacial score (nSPS) is 13.2. The molecule has 0 amide bonds. The molecule has 13 heavy (non-hydrogen) atoms. The first-order chi connectivity index (χ1) is 6.20. The first-order valence-corrected chi connectivity index (χ1v) is 5.16. The molecule has 0 aromatic rings. The third kappa shape index (κ3) is 8.00. The summed E-state index contributed by atoms with van der Waals surface area (Å²) in [6, 6.07) is 0.534. The van der Waals surface area contributed by atoms with Gasteiger partial charge in [-0.1, -0.05) is 33.3 Å². The van der Waals surface area contributed by atoms with Crippen LogP contribution in [-0.2, 0) is 4.74 Å². The predicted molar refractivity (Wildman–Crippen MR) is 58.0 cm³/mol. The molecule has 0 fully saturated rings. The molecule has 0 aliphatic rings. The SMILES string of the molecule is C=CCOC(CCC)CNC(C)C. The highest BCUT2D eigenvalue weighted by Gasteiger charge is 2.06. The molecule has 0 radical (unpaired) electrons. The minimum Gasteiger partial charge on any atom is -0.373 e. The van der Waals surface area contributed by atoms with Crippen LogP contribution in [0.1, 0.15) is 33.6 Å². The van der Waals surface area contributed by atoms with E-state index in [0.29, 0.717) is 18.8 Å². The van der Waals surface area contributed by atoms with Crippen molar-refractivity contribution in [2.75, 3.05) is 13.2 Å². The maximum absolute atomic E-state index is 5.60. The van der Waals surface area contributed by atoms with Gasteiger partial charge in [0.1, 0.15) is 0 Å². The van der Waals surface area contributed by atoms with Crippen LogP contribution < -0.4 is 5.32 Å². The zero-order chi connectivity index (χ0) is 10.1. The van der Waals surface area contributed by atoms with Gasteiger partial charge in [-0.2, -0.15) is 0 Å². The second-order valence-corrected chi connectivity index (χ2v) is 3.60. The van der Waals surface area contributed by atoms with E-state index < -0.39 is 0 Å². The van der Waals surface area contributed by atoms with Crippen molar-refractivity contribution < 1.29 is 4.74 Å². The number of ether oxygens (including phenoxy) is 1. The van der Waals surface area contributed by atoms with Gasteiger partial charge in [-0.05, 0) is 6.42 Å². The molecule has 2 heteroatoms. The van der Waals surface area contributed by atoms with E-state index in [2.05, 4.69) is 32.7 Å². The van der Waals surface area contributed by atoms with E-state index in [1.54, 1.807) is 6.08 Å². The first-order valence-electron chi connectivity index (χ1n) is 5.16. The van der Waals surface area contributed by atoms with E-state index in [0.717, 1.165) is 13.0 Å². The van der Waals surface area contributed by atoms with Crippen LogP contribution in [0.3, 0.4) is 0 Å². The van der Waals surface area contributed by atoms with E-state index in [9.17, 15) is 0 Å². The van der Waals surface area contributed by atoms with Gasteiger partial charge in [0.15, 0.2) is 0 Å². The van der Waals surface area contributed by atoms with Gasteiger partial charge < -0.3 is 10.1 Å². The molecule has 0 aliphatic carbocycles. The van der Waals surface area contributed by atoms with Crippen LogP contribution in [0.2, 0.25) is 0 Å². The molecule has 0 aromatic carbocycles. The quantitative estimate of drug-likeness (QED) is 0.586. The summed E-state index contributed by atoms with van der Waals surface area (Å²) < 4.78 is 5.60. The Bertz CT molecular complexity index is 123. The molecule has 0 saturated carbocycles. The Hall–Kier alpha value is -0.340. The zero-order valence-corrected chi connectivity index (χ0v) is 9.18. The molecule has 0 bridgehead atoms. The minimum atomic E-state index is 0.338. The standard InChI is InChI=1S/C11H23NO/c1-5-7-11(13-8-6-2)9-12-10(3)4/h6,10-12H,2,5,7-9H2,1,3-4H3. The van der Waals surface area contributed by atoms with Crippen LogP contribution in [0.5, 0.6) is 0 Å². The second kappa shape index (κ2) is 8.27. The van der Waals surface area contributed by atoms with Crippen molar-refractivity contribution in [1.29, 1.82) is 0 Å². The van der Waals surface area contributed by atoms with Gasteiger partial charge in [0, 0.05) is 12.6 Å². The summed E-state index contributed by atoms with van der Waals surface area (Å²) in [6.07, 6.45) is 4.43. The lowest BCUT2D eigenvalue weighted by Crippen LogP contribution is -2.33. The Morgan fingerprint density at radius 3 is 2.62 bits per heavy atom.